The van der Waals surface area contributed by atoms with E-state index in [0.717, 1.165) is 5.56 Å². The van der Waals surface area contributed by atoms with Crippen molar-refractivity contribution in [3.63, 3.8) is 0 Å². The van der Waals surface area contributed by atoms with E-state index in [1.807, 2.05) is 6.92 Å². The number of benzene rings is 2. The number of halogens is 2. The van der Waals surface area contributed by atoms with Gasteiger partial charge in [-0.2, -0.15) is 0 Å². The number of hydrogen-bond acceptors (Lipinski definition) is 2. The molecule has 0 bridgehead atoms. The van der Waals surface area contributed by atoms with Crippen molar-refractivity contribution in [3.05, 3.63) is 59.2 Å². The molecule has 0 amide bonds. The summed E-state index contributed by atoms with van der Waals surface area (Å²) in [6.45, 7) is 2.14. The lowest BCUT2D eigenvalue weighted by atomic mass is 10.1. The van der Waals surface area contributed by atoms with Crippen LogP contribution in [0.3, 0.4) is 0 Å². The van der Waals surface area contributed by atoms with E-state index in [-0.39, 0.29) is 18.1 Å². The van der Waals surface area contributed by atoms with Crippen LogP contribution in [0.15, 0.2) is 36.4 Å². The van der Waals surface area contributed by atoms with E-state index in [1.54, 1.807) is 24.3 Å². The molecule has 0 spiro atoms. The van der Waals surface area contributed by atoms with Gasteiger partial charge in [0, 0.05) is 17.8 Å². The third-order valence-corrected chi connectivity index (χ3v) is 2.93. The van der Waals surface area contributed by atoms with Gasteiger partial charge < -0.3 is 10.1 Å². The lowest BCUT2D eigenvalue weighted by Gasteiger charge is -2.11. The van der Waals surface area contributed by atoms with Crippen LogP contribution in [-0.4, -0.2) is 7.11 Å². The molecular formula is C15H15F2NO. The summed E-state index contributed by atoms with van der Waals surface area (Å²) in [4.78, 5) is 0. The predicted molar refractivity (Wildman–Crippen MR) is 71.4 cm³/mol. The molecule has 1 N–H and O–H groups in total. The maximum atomic E-state index is 13.9. The number of methoxy groups -OCH3 is 1. The summed E-state index contributed by atoms with van der Waals surface area (Å²) < 4.78 is 32.0. The Balaban J connectivity index is 2.17. The minimum atomic E-state index is -0.397. The summed E-state index contributed by atoms with van der Waals surface area (Å²) in [6.07, 6.45) is 0. The molecule has 0 unspecified atom stereocenters. The molecule has 0 aliphatic heterocycles. The van der Waals surface area contributed by atoms with Gasteiger partial charge in [-0.05, 0) is 30.7 Å². The average molecular weight is 263 g/mol. The van der Waals surface area contributed by atoms with Gasteiger partial charge in [0.2, 0.25) is 0 Å². The van der Waals surface area contributed by atoms with Crippen molar-refractivity contribution in [2.24, 2.45) is 0 Å². The summed E-state index contributed by atoms with van der Waals surface area (Å²) in [6, 6.07) is 9.42. The van der Waals surface area contributed by atoms with Crippen LogP contribution in [0.1, 0.15) is 11.1 Å². The van der Waals surface area contributed by atoms with Crippen LogP contribution >= 0.6 is 0 Å². The van der Waals surface area contributed by atoms with Crippen molar-refractivity contribution >= 4 is 5.69 Å². The van der Waals surface area contributed by atoms with Crippen molar-refractivity contribution in [2.45, 2.75) is 13.5 Å². The first-order valence-electron chi connectivity index (χ1n) is 5.93. The molecule has 0 saturated heterocycles. The molecule has 2 aromatic carbocycles. The Labute approximate surface area is 111 Å². The maximum Gasteiger partial charge on any atom is 0.170 e. The molecule has 0 aliphatic rings. The molecule has 4 heteroatoms. The second kappa shape index (κ2) is 5.69. The fourth-order valence-corrected chi connectivity index (χ4v) is 1.83. The standard InChI is InChI=1S/C15H15F2NO/c1-10-6-7-12(16)8-13(10)18-9-11-4-3-5-14(19-2)15(11)17/h3-8,18H,9H2,1-2H3. The van der Waals surface area contributed by atoms with Gasteiger partial charge in [-0.15, -0.1) is 0 Å². The number of hydrogen-bond donors (Lipinski definition) is 1. The third kappa shape index (κ3) is 3.02. The summed E-state index contributed by atoms with van der Waals surface area (Å²) >= 11 is 0. The molecule has 0 atom stereocenters. The minimum Gasteiger partial charge on any atom is -0.494 e. The highest BCUT2D eigenvalue weighted by Gasteiger charge is 2.08. The smallest absolute Gasteiger partial charge is 0.170 e. The first-order valence-corrected chi connectivity index (χ1v) is 5.93. The zero-order chi connectivity index (χ0) is 13.8. The van der Waals surface area contributed by atoms with Crippen LogP contribution in [0, 0.1) is 18.6 Å². The highest BCUT2D eigenvalue weighted by atomic mass is 19.1. The first-order chi connectivity index (χ1) is 9.11. The minimum absolute atomic E-state index is 0.204. The third-order valence-electron chi connectivity index (χ3n) is 2.93. The zero-order valence-electron chi connectivity index (χ0n) is 10.8. The van der Waals surface area contributed by atoms with Gasteiger partial charge in [-0.1, -0.05) is 18.2 Å². The van der Waals surface area contributed by atoms with Crippen molar-refractivity contribution in [1.82, 2.24) is 0 Å². The van der Waals surface area contributed by atoms with Crippen LogP contribution in [-0.2, 0) is 6.54 Å². The van der Waals surface area contributed by atoms with E-state index >= 15 is 0 Å². The largest absolute Gasteiger partial charge is 0.494 e. The Hall–Kier alpha value is -2.10. The van der Waals surface area contributed by atoms with Gasteiger partial charge in [0.25, 0.3) is 0 Å². The molecule has 0 aliphatic carbocycles. The lowest BCUT2D eigenvalue weighted by Crippen LogP contribution is -2.04. The van der Waals surface area contributed by atoms with Crippen molar-refractivity contribution in [3.8, 4) is 5.75 Å². The number of ether oxygens (including phenoxy) is 1. The molecule has 2 nitrogen and oxygen atoms in total. The summed E-state index contributed by atoms with van der Waals surface area (Å²) in [7, 11) is 1.42. The van der Waals surface area contributed by atoms with E-state index in [1.165, 1.54) is 19.2 Å². The lowest BCUT2D eigenvalue weighted by molar-refractivity contribution is 0.384. The highest BCUT2D eigenvalue weighted by molar-refractivity contribution is 5.51. The topological polar surface area (TPSA) is 21.3 Å². The average Bonchev–Trinajstić information content (AvgIpc) is 2.41. The first kappa shape index (κ1) is 13.3. The molecule has 0 aromatic heterocycles. The van der Waals surface area contributed by atoms with Gasteiger partial charge in [0.1, 0.15) is 5.82 Å². The van der Waals surface area contributed by atoms with Crippen LogP contribution < -0.4 is 10.1 Å². The SMILES string of the molecule is COc1cccc(CNc2cc(F)ccc2C)c1F. The molecular weight excluding hydrogens is 248 g/mol. The Bertz CT molecular complexity index is 584. The number of aryl methyl sites for hydroxylation is 1. The number of anilines is 1. The molecule has 0 saturated carbocycles. The Morgan fingerprint density at radius 2 is 1.95 bits per heavy atom. The summed E-state index contributed by atoms with van der Waals surface area (Å²) in [5.41, 5.74) is 2.04. The van der Waals surface area contributed by atoms with E-state index in [2.05, 4.69) is 5.32 Å². The fraction of sp³-hybridized carbons (Fsp3) is 0.200. The Morgan fingerprint density at radius 3 is 2.68 bits per heavy atom. The van der Waals surface area contributed by atoms with Crippen molar-refractivity contribution < 1.29 is 13.5 Å². The molecule has 0 radical (unpaired) electrons. The number of nitrogens with one attached hydrogen (secondary N) is 1. The fourth-order valence-electron chi connectivity index (χ4n) is 1.83. The monoisotopic (exact) mass is 263 g/mol. The van der Waals surface area contributed by atoms with E-state index in [0.29, 0.717) is 11.3 Å². The second-order valence-corrected chi connectivity index (χ2v) is 4.25. The highest BCUT2D eigenvalue weighted by Crippen LogP contribution is 2.22. The van der Waals surface area contributed by atoms with Gasteiger partial charge in [-0.3, -0.25) is 0 Å². The van der Waals surface area contributed by atoms with Crippen molar-refractivity contribution in [2.75, 3.05) is 12.4 Å². The molecule has 0 heterocycles. The quantitative estimate of drug-likeness (QED) is 0.903. The van der Waals surface area contributed by atoms with E-state index in [9.17, 15) is 8.78 Å². The molecule has 19 heavy (non-hydrogen) atoms. The van der Waals surface area contributed by atoms with Crippen LogP contribution in [0.25, 0.3) is 0 Å². The molecule has 0 fully saturated rings. The summed E-state index contributed by atoms with van der Waals surface area (Å²) in [5.74, 6) is -0.513. The van der Waals surface area contributed by atoms with Crippen molar-refractivity contribution in [1.29, 1.82) is 0 Å². The predicted octanol–water partition coefficient (Wildman–Crippen LogP) is 3.89. The van der Waals surface area contributed by atoms with Gasteiger partial charge >= 0.3 is 0 Å². The Morgan fingerprint density at radius 1 is 1.16 bits per heavy atom. The molecule has 100 valence electrons. The molecule has 2 rings (SSSR count). The van der Waals surface area contributed by atoms with E-state index in [4.69, 9.17) is 4.74 Å². The van der Waals surface area contributed by atoms with Gasteiger partial charge in [0.05, 0.1) is 7.11 Å². The Kier molecular flexibility index (Phi) is 4.00. The summed E-state index contributed by atoms with van der Waals surface area (Å²) in [5, 5.41) is 3.03. The van der Waals surface area contributed by atoms with Gasteiger partial charge in [0.15, 0.2) is 11.6 Å². The van der Waals surface area contributed by atoms with Gasteiger partial charge in [-0.25, -0.2) is 8.78 Å². The second-order valence-electron chi connectivity index (χ2n) is 4.25. The normalized spacial score (nSPS) is 10.3. The number of rotatable bonds is 4. The zero-order valence-corrected chi connectivity index (χ0v) is 10.8. The van der Waals surface area contributed by atoms with Crippen LogP contribution in [0.4, 0.5) is 14.5 Å². The van der Waals surface area contributed by atoms with Crippen LogP contribution in [0.2, 0.25) is 0 Å². The van der Waals surface area contributed by atoms with Crippen LogP contribution in [0.5, 0.6) is 5.75 Å². The maximum absolute atomic E-state index is 13.9. The molecule has 2 aromatic rings. The van der Waals surface area contributed by atoms with E-state index < -0.39 is 5.82 Å².